The largest absolute Gasteiger partial charge is 0.489 e. The fraction of sp³-hybridized carbons (Fsp3) is 0.520. The molecule has 0 amide bonds. The average Bonchev–Trinajstić information content (AvgIpc) is 2.98. The van der Waals surface area contributed by atoms with E-state index in [2.05, 4.69) is 86.4 Å². The maximum Gasteiger partial charge on any atom is 0.127 e. The van der Waals surface area contributed by atoms with Crippen LogP contribution in [-0.4, -0.2) is 15.4 Å². The molecule has 0 N–H and O–H groups in total. The quantitative estimate of drug-likeness (QED) is 0.426. The van der Waals surface area contributed by atoms with Gasteiger partial charge in [-0.2, -0.15) is 0 Å². The van der Waals surface area contributed by atoms with Crippen molar-refractivity contribution in [1.29, 1.82) is 0 Å². The molecule has 0 radical (unpaired) electrons. The van der Waals surface area contributed by atoms with Crippen LogP contribution >= 0.6 is 0 Å². The number of aryl methyl sites for hydroxylation is 1. The second-order valence-electron chi connectivity index (χ2n) is 9.84. The number of rotatable bonds is 6. The van der Waals surface area contributed by atoms with E-state index in [1.807, 2.05) is 6.08 Å². The molecular formula is C25H38OSi. The molecule has 0 atom stereocenters. The van der Waals surface area contributed by atoms with Crippen LogP contribution in [-0.2, 0) is 10.8 Å². The summed E-state index contributed by atoms with van der Waals surface area (Å²) in [5, 5.41) is 1.56. The molecular weight excluding hydrogens is 344 g/mol. The molecule has 1 aromatic carbocycles. The predicted molar refractivity (Wildman–Crippen MR) is 124 cm³/mol. The summed E-state index contributed by atoms with van der Waals surface area (Å²) in [4.78, 5) is 0. The zero-order valence-corrected chi connectivity index (χ0v) is 20.1. The molecule has 2 rings (SSSR count). The van der Waals surface area contributed by atoms with Crippen LogP contribution in [0.25, 0.3) is 0 Å². The highest BCUT2D eigenvalue weighted by Gasteiger charge is 2.36. The van der Waals surface area contributed by atoms with Gasteiger partial charge in [0.2, 0.25) is 0 Å². The van der Waals surface area contributed by atoms with Gasteiger partial charge in [0.1, 0.15) is 12.4 Å². The van der Waals surface area contributed by atoms with Crippen molar-refractivity contribution in [2.45, 2.75) is 78.8 Å². The normalized spacial score (nSPS) is 15.0. The van der Waals surface area contributed by atoms with Crippen LogP contribution in [0.2, 0.25) is 13.1 Å². The fourth-order valence-electron chi connectivity index (χ4n) is 4.26. The van der Waals surface area contributed by atoms with Crippen LogP contribution in [0.3, 0.4) is 0 Å². The second kappa shape index (κ2) is 7.83. The highest BCUT2D eigenvalue weighted by molar-refractivity contribution is 6.71. The van der Waals surface area contributed by atoms with Gasteiger partial charge in [0.05, 0.1) is 8.80 Å². The lowest BCUT2D eigenvalue weighted by molar-refractivity contribution is 0.341. The van der Waals surface area contributed by atoms with Crippen molar-refractivity contribution < 1.29 is 4.74 Å². The van der Waals surface area contributed by atoms with Crippen molar-refractivity contribution in [1.82, 2.24) is 0 Å². The first-order chi connectivity index (χ1) is 12.4. The summed E-state index contributed by atoms with van der Waals surface area (Å²) in [5.74, 6) is 1.09. The molecule has 0 bridgehead atoms. The smallest absolute Gasteiger partial charge is 0.127 e. The summed E-state index contributed by atoms with van der Waals surface area (Å²) in [6.07, 6.45) is 7.70. The van der Waals surface area contributed by atoms with E-state index in [1.54, 1.807) is 5.19 Å². The van der Waals surface area contributed by atoms with Crippen molar-refractivity contribution in [2.24, 2.45) is 0 Å². The minimum Gasteiger partial charge on any atom is -0.489 e. The standard InChI is InChI=1S/C25H38OSi/c1-11-14-26-22-20(24(4,5)6)16-18(3)23(27(9)10)21(22)25(7,8)19-13-12-17(2)15-19/h11,13,15-16,27H,1,12,14H2,2-10H3. The molecule has 0 spiro atoms. The molecule has 1 nitrogen and oxygen atoms in total. The van der Waals surface area contributed by atoms with Gasteiger partial charge in [-0.05, 0) is 31.3 Å². The second-order valence-corrected chi connectivity index (χ2v) is 12.7. The van der Waals surface area contributed by atoms with Gasteiger partial charge in [0.25, 0.3) is 0 Å². The first-order valence-electron chi connectivity index (χ1n) is 10.2. The molecule has 2 heteroatoms. The van der Waals surface area contributed by atoms with E-state index in [9.17, 15) is 0 Å². The third-order valence-corrected chi connectivity index (χ3v) is 7.55. The Morgan fingerprint density at radius 2 is 1.78 bits per heavy atom. The van der Waals surface area contributed by atoms with Crippen molar-refractivity contribution in [2.75, 3.05) is 6.61 Å². The molecule has 1 aliphatic rings. The Morgan fingerprint density at radius 3 is 2.22 bits per heavy atom. The SMILES string of the molecule is C=CCOc1c(C(C)(C)C)cc(C)c([SiH](C)C)c1C(C)(C)C1=CCC(C)=C1. The van der Waals surface area contributed by atoms with Gasteiger partial charge in [0.15, 0.2) is 0 Å². The Bertz CT molecular complexity index is 786. The molecule has 0 saturated carbocycles. The molecule has 148 valence electrons. The third-order valence-electron chi connectivity index (χ3n) is 5.65. The zero-order valence-electron chi connectivity index (χ0n) is 18.9. The van der Waals surface area contributed by atoms with E-state index in [1.165, 1.54) is 27.8 Å². The molecule has 0 aromatic heterocycles. The molecule has 1 aromatic rings. The Balaban J connectivity index is 2.89. The number of hydrogen-bond donors (Lipinski definition) is 0. The Hall–Kier alpha value is -1.54. The van der Waals surface area contributed by atoms with Crippen molar-refractivity contribution >= 4 is 14.0 Å². The predicted octanol–water partition coefficient (Wildman–Crippen LogP) is 6.11. The lowest BCUT2D eigenvalue weighted by Gasteiger charge is -2.36. The van der Waals surface area contributed by atoms with Crippen LogP contribution in [0.4, 0.5) is 0 Å². The van der Waals surface area contributed by atoms with Crippen LogP contribution < -0.4 is 9.92 Å². The zero-order chi connectivity index (χ0) is 20.6. The van der Waals surface area contributed by atoms with Crippen LogP contribution in [0, 0.1) is 6.92 Å². The summed E-state index contributed by atoms with van der Waals surface area (Å²) in [6, 6.07) is 2.38. The Kier molecular flexibility index (Phi) is 6.31. The molecule has 1 aliphatic carbocycles. The first kappa shape index (κ1) is 21.8. The van der Waals surface area contributed by atoms with Gasteiger partial charge < -0.3 is 4.74 Å². The van der Waals surface area contributed by atoms with Crippen molar-refractivity contribution in [3.05, 3.63) is 58.7 Å². The van der Waals surface area contributed by atoms with E-state index in [0.717, 1.165) is 12.2 Å². The molecule has 0 unspecified atom stereocenters. The van der Waals surface area contributed by atoms with Gasteiger partial charge >= 0.3 is 0 Å². The summed E-state index contributed by atoms with van der Waals surface area (Å²) in [5.41, 5.74) is 6.96. The number of hydrogen-bond acceptors (Lipinski definition) is 1. The van der Waals surface area contributed by atoms with Crippen LogP contribution in [0.15, 0.2) is 42.0 Å². The lowest BCUT2D eigenvalue weighted by atomic mass is 9.73. The maximum absolute atomic E-state index is 6.42. The monoisotopic (exact) mass is 382 g/mol. The Morgan fingerprint density at radius 1 is 1.15 bits per heavy atom. The van der Waals surface area contributed by atoms with Gasteiger partial charge in [-0.25, -0.2) is 0 Å². The highest BCUT2D eigenvalue weighted by atomic mass is 28.3. The minimum absolute atomic E-state index is 0.0268. The number of benzene rings is 1. The summed E-state index contributed by atoms with van der Waals surface area (Å²) >= 11 is 0. The highest BCUT2D eigenvalue weighted by Crippen LogP contribution is 2.44. The molecule has 27 heavy (non-hydrogen) atoms. The van der Waals surface area contributed by atoms with Crippen LogP contribution in [0.5, 0.6) is 5.75 Å². The van der Waals surface area contributed by atoms with Gasteiger partial charge in [0, 0.05) is 16.5 Å². The van der Waals surface area contributed by atoms with Crippen molar-refractivity contribution in [3.8, 4) is 5.75 Å². The van der Waals surface area contributed by atoms with E-state index >= 15 is 0 Å². The summed E-state index contributed by atoms with van der Waals surface area (Å²) in [7, 11) is -1.06. The first-order valence-corrected chi connectivity index (χ1v) is 13.1. The topological polar surface area (TPSA) is 9.23 Å². The van der Waals surface area contributed by atoms with Crippen molar-refractivity contribution in [3.63, 3.8) is 0 Å². The molecule has 0 aliphatic heterocycles. The summed E-state index contributed by atoms with van der Waals surface area (Å²) < 4.78 is 6.42. The summed E-state index contributed by atoms with van der Waals surface area (Å²) in [6.45, 7) is 25.4. The molecule has 0 heterocycles. The van der Waals surface area contributed by atoms with Gasteiger partial charge in [-0.15, -0.1) is 0 Å². The van der Waals surface area contributed by atoms with E-state index in [0.29, 0.717) is 6.61 Å². The van der Waals surface area contributed by atoms with Crippen LogP contribution in [0.1, 0.15) is 64.7 Å². The Labute approximate surface area is 168 Å². The van der Waals surface area contributed by atoms with E-state index < -0.39 is 8.80 Å². The third kappa shape index (κ3) is 4.32. The fourth-order valence-corrected chi connectivity index (χ4v) is 6.33. The van der Waals surface area contributed by atoms with E-state index in [4.69, 9.17) is 4.74 Å². The molecule has 0 saturated heterocycles. The lowest BCUT2D eigenvalue weighted by Crippen LogP contribution is -2.38. The maximum atomic E-state index is 6.42. The average molecular weight is 383 g/mol. The number of allylic oxidation sites excluding steroid dienone is 4. The van der Waals surface area contributed by atoms with E-state index in [-0.39, 0.29) is 10.8 Å². The number of ether oxygens (including phenoxy) is 1. The minimum atomic E-state index is -1.06. The van der Waals surface area contributed by atoms with Gasteiger partial charge in [-0.3, -0.25) is 0 Å². The molecule has 0 fully saturated rings. The van der Waals surface area contributed by atoms with Gasteiger partial charge in [-0.1, -0.05) is 94.9 Å².